The van der Waals surface area contributed by atoms with Crippen molar-refractivity contribution >= 4 is 34.4 Å². The van der Waals surface area contributed by atoms with Gasteiger partial charge in [0.1, 0.15) is 28.8 Å². The van der Waals surface area contributed by atoms with E-state index in [0.29, 0.717) is 28.8 Å². The molecule has 69 heavy (non-hydrogen) atoms. The Balaban J connectivity index is 0.000000258. The Bertz CT molecular complexity index is 2700. The van der Waals surface area contributed by atoms with Crippen molar-refractivity contribution in [1.29, 1.82) is 0 Å². The Hall–Kier alpha value is -5.71. The van der Waals surface area contributed by atoms with Gasteiger partial charge in [0.25, 0.3) is 11.8 Å². The number of benzene rings is 6. The summed E-state index contributed by atoms with van der Waals surface area (Å²) < 4.78 is 136. The van der Waals surface area contributed by atoms with Crippen LogP contribution in [0.1, 0.15) is 107 Å². The molecule has 0 radical (unpaired) electrons. The van der Waals surface area contributed by atoms with Crippen LogP contribution in [0.2, 0.25) is 0 Å². The van der Waals surface area contributed by atoms with Crippen LogP contribution in [0.5, 0.6) is 0 Å². The van der Waals surface area contributed by atoms with E-state index >= 15 is 0 Å². The van der Waals surface area contributed by atoms with E-state index in [9.17, 15) is 53.5 Å². The molecule has 0 unspecified atom stereocenters. The second kappa shape index (κ2) is 22.4. The monoisotopic (exact) mass is 1080 g/mol. The molecule has 0 spiro atoms. The number of nitrogens with zero attached hydrogens (tertiary/aromatic N) is 2. The summed E-state index contributed by atoms with van der Waals surface area (Å²) in [6, 6.07) is 30.0. The summed E-state index contributed by atoms with van der Waals surface area (Å²) >= 11 is 2.01. The number of alkyl halides is 6. The van der Waals surface area contributed by atoms with Gasteiger partial charge in [-0.1, -0.05) is 126 Å². The molecular formula is C54H51F10IN2O2. The highest BCUT2D eigenvalue weighted by atomic mass is 127. The molecule has 366 valence electrons. The second-order valence-corrected chi connectivity index (χ2v) is 19.9. The van der Waals surface area contributed by atoms with Gasteiger partial charge < -0.3 is 9.80 Å². The number of amides is 2. The van der Waals surface area contributed by atoms with E-state index in [1.54, 1.807) is 24.3 Å². The second-order valence-electron chi connectivity index (χ2n) is 18.6. The molecule has 4 nitrogen and oxygen atoms in total. The Labute approximate surface area is 409 Å². The van der Waals surface area contributed by atoms with Gasteiger partial charge in [-0.2, -0.15) is 26.3 Å². The molecule has 0 aliphatic carbocycles. The first-order chi connectivity index (χ1) is 32.1. The van der Waals surface area contributed by atoms with Gasteiger partial charge in [-0.05, 0) is 110 Å². The van der Waals surface area contributed by atoms with Crippen LogP contribution < -0.4 is 0 Å². The predicted molar refractivity (Wildman–Crippen MR) is 255 cm³/mol. The molecule has 0 aromatic heterocycles. The number of carbonyl (C=O) groups excluding carboxylic acids is 2. The van der Waals surface area contributed by atoms with E-state index in [1.165, 1.54) is 35.2 Å². The zero-order valence-corrected chi connectivity index (χ0v) is 40.9. The Morgan fingerprint density at radius 3 is 1.26 bits per heavy atom. The molecule has 6 aromatic carbocycles. The summed E-state index contributed by atoms with van der Waals surface area (Å²) in [5.41, 5.74) is 1.80. The predicted octanol–water partition coefficient (Wildman–Crippen LogP) is 14.9. The Kier molecular flexibility index (Phi) is 17.6. The standard InChI is InChI=1S/C27H25F6NO.C27H26F4INO/c1-26(2,3)19-9-7-18(8-10-19)16-34(25(35)24-22(29)14-21(28)15-23(24)30)12-11-17-5-4-6-20(13-17)27(31,32)33;1-26(2,3)20-9-7-19(8-10-20)17-33(25(34)23-16-22(32)11-12-24(23)28)14-13-18-5-4-6-21(15-18)27(29,30)31/h4-10,13-15H,11-12,16H2,1-3H3;4-12,15-16H,13-14,17H2,1-3H3. The average molecular weight is 1080 g/mol. The average Bonchev–Trinajstić information content (AvgIpc) is 3.26. The van der Waals surface area contributed by atoms with Crippen LogP contribution in [-0.2, 0) is 49.1 Å². The number of rotatable bonds is 12. The number of halogens is 11. The summed E-state index contributed by atoms with van der Waals surface area (Å²) in [6.45, 7) is 12.6. The molecule has 0 heterocycles. The van der Waals surface area contributed by atoms with E-state index in [4.69, 9.17) is 0 Å². The maximum atomic E-state index is 14.5. The van der Waals surface area contributed by atoms with Crippen molar-refractivity contribution in [1.82, 2.24) is 9.80 Å². The molecule has 0 atom stereocenters. The van der Waals surface area contributed by atoms with Crippen LogP contribution in [0.25, 0.3) is 0 Å². The van der Waals surface area contributed by atoms with E-state index in [0.717, 1.165) is 49.4 Å². The fourth-order valence-electron chi connectivity index (χ4n) is 7.24. The fourth-order valence-corrected chi connectivity index (χ4v) is 7.73. The number of hydrogen-bond acceptors (Lipinski definition) is 2. The summed E-state index contributed by atoms with van der Waals surface area (Å²) in [7, 11) is 0. The third-order valence-electron chi connectivity index (χ3n) is 11.2. The van der Waals surface area contributed by atoms with E-state index in [1.807, 2.05) is 79.8 Å². The molecule has 6 aromatic rings. The van der Waals surface area contributed by atoms with Gasteiger partial charge in [-0.25, -0.2) is 17.6 Å². The van der Waals surface area contributed by atoms with Gasteiger partial charge in [0.2, 0.25) is 0 Å². The first kappa shape index (κ1) is 54.2. The van der Waals surface area contributed by atoms with Gasteiger partial charge in [0.15, 0.2) is 0 Å². The normalized spacial score (nSPS) is 12.0. The summed E-state index contributed by atoms with van der Waals surface area (Å²) in [5.74, 6) is -6.00. The zero-order valence-electron chi connectivity index (χ0n) is 38.7. The van der Waals surface area contributed by atoms with E-state index in [2.05, 4.69) is 20.8 Å². The van der Waals surface area contributed by atoms with Crippen LogP contribution in [0, 0.1) is 26.8 Å². The third-order valence-corrected chi connectivity index (χ3v) is 11.9. The summed E-state index contributed by atoms with van der Waals surface area (Å²) in [5, 5.41) is 0. The third kappa shape index (κ3) is 15.4. The molecule has 0 aliphatic heterocycles. The van der Waals surface area contributed by atoms with Crippen LogP contribution >= 0.6 is 22.6 Å². The van der Waals surface area contributed by atoms with Crippen LogP contribution in [-0.4, -0.2) is 34.7 Å². The lowest BCUT2D eigenvalue weighted by Gasteiger charge is -2.25. The molecule has 6 rings (SSSR count). The summed E-state index contributed by atoms with van der Waals surface area (Å²) in [6.07, 6.45) is -8.74. The van der Waals surface area contributed by atoms with E-state index < -0.39 is 64.1 Å². The lowest BCUT2D eigenvalue weighted by molar-refractivity contribution is -0.138. The number of hydrogen-bond donors (Lipinski definition) is 0. The molecule has 0 N–H and O–H groups in total. The maximum absolute atomic E-state index is 14.5. The van der Waals surface area contributed by atoms with Gasteiger partial charge >= 0.3 is 12.4 Å². The first-order valence-electron chi connectivity index (χ1n) is 21.8. The molecule has 0 bridgehead atoms. The smallest absolute Gasteiger partial charge is 0.334 e. The van der Waals surface area contributed by atoms with Crippen molar-refractivity contribution < 1.29 is 53.5 Å². The van der Waals surface area contributed by atoms with Crippen molar-refractivity contribution in [3.05, 3.63) is 210 Å². The molecular weight excluding hydrogens is 1030 g/mol. The van der Waals surface area contributed by atoms with Crippen molar-refractivity contribution in [2.45, 2.75) is 90.7 Å². The fraction of sp³-hybridized carbons (Fsp3) is 0.296. The minimum absolute atomic E-state index is 0.0141. The van der Waals surface area contributed by atoms with Crippen molar-refractivity contribution in [3.63, 3.8) is 0 Å². The molecule has 2 amide bonds. The van der Waals surface area contributed by atoms with Crippen LogP contribution in [0.4, 0.5) is 43.9 Å². The van der Waals surface area contributed by atoms with Gasteiger partial charge in [-0.3, -0.25) is 9.59 Å². The highest BCUT2D eigenvalue weighted by Gasteiger charge is 2.32. The Morgan fingerprint density at radius 1 is 0.464 bits per heavy atom. The van der Waals surface area contributed by atoms with E-state index in [-0.39, 0.29) is 55.4 Å². The lowest BCUT2D eigenvalue weighted by atomic mass is 9.86. The SMILES string of the molecule is CC(C)(C)c1ccc(CN(CCc2cccc(C(F)(F)F)c2)C(=O)c2c(F)cc(F)cc2F)cc1.CC(C)(C)c1ccc(CN(CCc2cccc(C(F)(F)F)c2)C(=O)c2cc(I)ccc2F)cc1. The molecule has 15 heteroatoms. The molecule has 0 saturated heterocycles. The van der Waals surface area contributed by atoms with Crippen molar-refractivity contribution in [3.8, 4) is 0 Å². The van der Waals surface area contributed by atoms with Crippen LogP contribution in [0.3, 0.4) is 0 Å². The van der Waals surface area contributed by atoms with Crippen LogP contribution in [0.15, 0.2) is 127 Å². The topological polar surface area (TPSA) is 40.6 Å². The quantitative estimate of drug-likeness (QED) is 0.0905. The number of carbonyl (C=O) groups is 2. The minimum Gasteiger partial charge on any atom is -0.334 e. The molecule has 0 fully saturated rings. The van der Waals surface area contributed by atoms with Crippen molar-refractivity contribution in [2.24, 2.45) is 0 Å². The van der Waals surface area contributed by atoms with Gasteiger partial charge in [-0.15, -0.1) is 0 Å². The first-order valence-corrected chi connectivity index (χ1v) is 22.9. The highest BCUT2D eigenvalue weighted by molar-refractivity contribution is 14.1. The molecule has 0 aliphatic rings. The highest BCUT2D eigenvalue weighted by Crippen LogP contribution is 2.32. The van der Waals surface area contributed by atoms with Gasteiger partial charge in [0, 0.05) is 41.9 Å². The lowest BCUT2D eigenvalue weighted by Crippen LogP contribution is -2.34. The Morgan fingerprint density at radius 2 is 0.870 bits per heavy atom. The summed E-state index contributed by atoms with van der Waals surface area (Å²) in [4.78, 5) is 29.0. The molecule has 0 saturated carbocycles. The van der Waals surface area contributed by atoms with Crippen molar-refractivity contribution in [2.75, 3.05) is 13.1 Å². The maximum Gasteiger partial charge on any atom is 0.416 e. The van der Waals surface area contributed by atoms with Gasteiger partial charge in [0.05, 0.1) is 16.7 Å². The largest absolute Gasteiger partial charge is 0.416 e. The minimum atomic E-state index is -4.53. The zero-order chi connectivity index (χ0) is 51.1.